The van der Waals surface area contributed by atoms with Gasteiger partial charge in [-0.05, 0) is 38.4 Å². The molecule has 1 heterocycles. The van der Waals surface area contributed by atoms with Crippen LogP contribution in [0.3, 0.4) is 0 Å². The largest absolute Gasteiger partial charge is 0.317 e. The second-order valence-corrected chi connectivity index (χ2v) is 6.60. The molecule has 0 spiro atoms. The summed E-state index contributed by atoms with van der Waals surface area (Å²) >= 11 is 0. The Balaban J connectivity index is 2.30. The van der Waals surface area contributed by atoms with Gasteiger partial charge in [-0.3, -0.25) is 0 Å². The molecule has 0 amide bonds. The fourth-order valence-electron chi connectivity index (χ4n) is 2.21. The van der Waals surface area contributed by atoms with Crippen LogP contribution in [0.5, 0.6) is 0 Å². The number of nitrogens with one attached hydrogen (secondary N) is 1. The molecule has 0 saturated heterocycles. The molecule has 1 aliphatic rings. The average Bonchev–Trinajstić information content (AvgIpc) is 2.52. The normalized spacial score (nSPS) is 24.0. The fourth-order valence-corrected chi connectivity index (χ4v) is 4.29. The molecule has 1 N–H and O–H groups in total. The van der Waals surface area contributed by atoms with Crippen LogP contribution in [-0.4, -0.2) is 26.8 Å². The van der Waals surface area contributed by atoms with Gasteiger partial charge >= 0.3 is 0 Å². The van der Waals surface area contributed by atoms with Crippen molar-refractivity contribution in [3.63, 3.8) is 0 Å². The highest BCUT2D eigenvalue weighted by molar-refractivity contribution is 7.92. The van der Waals surface area contributed by atoms with Crippen LogP contribution < -0.4 is 5.32 Å². The van der Waals surface area contributed by atoms with E-state index < -0.39 is 9.84 Å². The minimum absolute atomic E-state index is 0.231. The van der Waals surface area contributed by atoms with Crippen molar-refractivity contribution in [2.75, 3.05) is 7.05 Å². The fraction of sp³-hybridized carbons (Fsp3) is 0.500. The van der Waals surface area contributed by atoms with E-state index in [0.29, 0.717) is 17.7 Å². The van der Waals surface area contributed by atoms with E-state index in [2.05, 4.69) is 5.32 Å². The molecule has 4 heteroatoms. The second-order valence-electron chi connectivity index (χ2n) is 4.40. The summed E-state index contributed by atoms with van der Waals surface area (Å²) in [5.74, 6) is 0. The van der Waals surface area contributed by atoms with Crippen molar-refractivity contribution in [2.24, 2.45) is 0 Å². The first-order valence-corrected chi connectivity index (χ1v) is 7.09. The molecule has 0 saturated carbocycles. The van der Waals surface area contributed by atoms with Gasteiger partial charge in [0.1, 0.15) is 0 Å². The molecule has 1 aromatic rings. The van der Waals surface area contributed by atoms with Gasteiger partial charge in [-0.25, -0.2) is 8.42 Å². The summed E-state index contributed by atoms with van der Waals surface area (Å²) in [5.41, 5.74) is 0.968. The summed E-state index contributed by atoms with van der Waals surface area (Å²) in [6, 6.07) is 7.55. The third kappa shape index (κ3) is 1.87. The summed E-state index contributed by atoms with van der Waals surface area (Å²) in [7, 11) is -1.23. The second kappa shape index (κ2) is 4.18. The Kier molecular flexibility index (Phi) is 3.04. The first-order chi connectivity index (χ1) is 7.55. The highest BCUT2D eigenvalue weighted by Gasteiger charge is 2.36. The van der Waals surface area contributed by atoms with Gasteiger partial charge in [0.05, 0.1) is 10.1 Å². The molecular formula is C12H17NO2S. The van der Waals surface area contributed by atoms with Crippen molar-refractivity contribution in [3.8, 4) is 0 Å². The van der Waals surface area contributed by atoms with Crippen LogP contribution in [-0.2, 0) is 16.3 Å². The molecule has 0 bridgehead atoms. The van der Waals surface area contributed by atoms with E-state index in [1.807, 2.05) is 26.1 Å². The van der Waals surface area contributed by atoms with Crippen molar-refractivity contribution in [1.29, 1.82) is 0 Å². The zero-order chi connectivity index (χ0) is 11.8. The lowest BCUT2D eigenvalue weighted by Crippen LogP contribution is -2.29. The van der Waals surface area contributed by atoms with Gasteiger partial charge in [-0.2, -0.15) is 0 Å². The summed E-state index contributed by atoms with van der Waals surface area (Å²) in [5, 5.41) is 2.83. The van der Waals surface area contributed by atoms with E-state index in [4.69, 9.17) is 0 Å². The number of rotatable bonds is 3. The molecule has 2 atom stereocenters. The molecule has 3 nitrogen and oxygen atoms in total. The quantitative estimate of drug-likeness (QED) is 0.867. The molecule has 0 radical (unpaired) electrons. The highest BCUT2D eigenvalue weighted by atomic mass is 32.2. The Labute approximate surface area is 96.8 Å². The Morgan fingerprint density at radius 2 is 2.12 bits per heavy atom. The van der Waals surface area contributed by atoms with E-state index in [1.54, 1.807) is 12.1 Å². The van der Waals surface area contributed by atoms with Crippen LogP contribution in [0.15, 0.2) is 29.2 Å². The van der Waals surface area contributed by atoms with E-state index in [1.165, 1.54) is 0 Å². The molecule has 1 aromatic carbocycles. The molecule has 0 fully saturated rings. The van der Waals surface area contributed by atoms with Crippen LogP contribution >= 0.6 is 0 Å². The van der Waals surface area contributed by atoms with Crippen molar-refractivity contribution in [2.45, 2.75) is 36.0 Å². The zero-order valence-corrected chi connectivity index (χ0v) is 10.4. The van der Waals surface area contributed by atoms with Crippen LogP contribution in [0, 0.1) is 0 Å². The number of fused-ring (bicyclic) bond motifs is 1. The average molecular weight is 239 g/mol. The molecular weight excluding hydrogens is 222 g/mol. The first-order valence-electron chi connectivity index (χ1n) is 5.54. The lowest BCUT2D eigenvalue weighted by molar-refractivity contribution is 0.526. The van der Waals surface area contributed by atoms with Crippen molar-refractivity contribution in [1.82, 2.24) is 5.32 Å². The van der Waals surface area contributed by atoms with E-state index in [0.717, 1.165) is 5.56 Å². The summed E-state index contributed by atoms with van der Waals surface area (Å²) < 4.78 is 24.4. The van der Waals surface area contributed by atoms with E-state index in [9.17, 15) is 8.42 Å². The molecule has 16 heavy (non-hydrogen) atoms. The maximum Gasteiger partial charge on any atom is 0.181 e. The van der Waals surface area contributed by atoms with E-state index >= 15 is 0 Å². The third-order valence-electron chi connectivity index (χ3n) is 3.27. The maximum atomic E-state index is 12.2. The van der Waals surface area contributed by atoms with Gasteiger partial charge in [0.25, 0.3) is 0 Å². The van der Waals surface area contributed by atoms with Crippen molar-refractivity contribution in [3.05, 3.63) is 29.8 Å². The smallest absolute Gasteiger partial charge is 0.181 e. The van der Waals surface area contributed by atoms with Gasteiger partial charge in [0.15, 0.2) is 9.84 Å². The molecule has 88 valence electrons. The molecule has 2 unspecified atom stereocenters. The maximum absolute atomic E-state index is 12.2. The Hall–Kier alpha value is -0.870. The Morgan fingerprint density at radius 3 is 2.75 bits per heavy atom. The standard InChI is InChI=1S/C12H17NO2S/c1-9(13-2)7-11-8-10-5-3-4-6-12(10)16(11,14)15/h3-6,9,11,13H,7-8H2,1-2H3. The van der Waals surface area contributed by atoms with Crippen LogP contribution in [0.4, 0.5) is 0 Å². The molecule has 0 aromatic heterocycles. The number of hydrogen-bond acceptors (Lipinski definition) is 3. The Morgan fingerprint density at radius 1 is 1.44 bits per heavy atom. The lowest BCUT2D eigenvalue weighted by Gasteiger charge is -2.15. The first kappa shape index (κ1) is 11.6. The van der Waals surface area contributed by atoms with Gasteiger partial charge in [0.2, 0.25) is 0 Å². The Bertz CT molecular complexity index is 482. The minimum atomic E-state index is -3.09. The monoisotopic (exact) mass is 239 g/mol. The van der Waals surface area contributed by atoms with Crippen molar-refractivity contribution >= 4 is 9.84 Å². The molecule has 1 aliphatic heterocycles. The lowest BCUT2D eigenvalue weighted by atomic mass is 10.1. The summed E-state index contributed by atoms with van der Waals surface area (Å²) in [6.07, 6.45) is 1.33. The third-order valence-corrected chi connectivity index (χ3v) is 5.52. The number of hydrogen-bond donors (Lipinski definition) is 1. The number of sulfone groups is 1. The van der Waals surface area contributed by atoms with Gasteiger partial charge in [-0.1, -0.05) is 18.2 Å². The molecule has 2 rings (SSSR count). The number of benzene rings is 1. The summed E-state index contributed by atoms with van der Waals surface area (Å²) in [6.45, 7) is 2.01. The molecule has 0 aliphatic carbocycles. The topological polar surface area (TPSA) is 46.2 Å². The van der Waals surface area contributed by atoms with E-state index in [-0.39, 0.29) is 11.3 Å². The predicted molar refractivity (Wildman–Crippen MR) is 64.3 cm³/mol. The predicted octanol–water partition coefficient (Wildman–Crippen LogP) is 1.38. The highest BCUT2D eigenvalue weighted by Crippen LogP contribution is 2.32. The van der Waals surface area contributed by atoms with Crippen molar-refractivity contribution < 1.29 is 8.42 Å². The SMILES string of the molecule is CNC(C)CC1Cc2ccccc2S1(=O)=O. The van der Waals surface area contributed by atoms with Crippen LogP contribution in [0.2, 0.25) is 0 Å². The van der Waals surface area contributed by atoms with Gasteiger partial charge < -0.3 is 5.32 Å². The van der Waals surface area contributed by atoms with Crippen LogP contribution in [0.25, 0.3) is 0 Å². The summed E-state index contributed by atoms with van der Waals surface area (Å²) in [4.78, 5) is 0.531. The van der Waals surface area contributed by atoms with Gasteiger partial charge in [0, 0.05) is 6.04 Å². The minimum Gasteiger partial charge on any atom is -0.317 e. The zero-order valence-electron chi connectivity index (χ0n) is 9.60. The van der Waals surface area contributed by atoms with Gasteiger partial charge in [-0.15, -0.1) is 0 Å². The van der Waals surface area contributed by atoms with Crippen LogP contribution in [0.1, 0.15) is 18.9 Å².